The number of rotatable bonds is 7. The van der Waals surface area contributed by atoms with Gasteiger partial charge in [-0.15, -0.1) is 0 Å². The maximum atomic E-state index is 11.7. The van der Waals surface area contributed by atoms with Crippen molar-refractivity contribution in [3.63, 3.8) is 0 Å². The summed E-state index contributed by atoms with van der Waals surface area (Å²) < 4.78 is 20.2. The molecule has 1 aromatic carbocycles. The molecule has 1 radical (unpaired) electrons. The van der Waals surface area contributed by atoms with Gasteiger partial charge in [0.15, 0.2) is 6.10 Å². The van der Waals surface area contributed by atoms with Crippen molar-refractivity contribution in [3.8, 4) is 0 Å². The molecule has 0 saturated carbocycles. The highest BCUT2D eigenvalue weighted by Crippen LogP contribution is 2.13. The number of benzene rings is 1. The average Bonchev–Trinajstić information content (AvgIpc) is 2.44. The third-order valence-electron chi connectivity index (χ3n) is 2.33. The van der Waals surface area contributed by atoms with Gasteiger partial charge in [-0.25, -0.2) is 4.79 Å². The Morgan fingerprint density at radius 1 is 1.11 bits per heavy atom. The predicted molar refractivity (Wildman–Crippen MR) is 64.8 cm³/mol. The zero-order chi connectivity index (χ0) is 13.4. The highest BCUT2D eigenvalue weighted by molar-refractivity contribution is 5.89. The van der Waals surface area contributed by atoms with E-state index >= 15 is 0 Å². The molecule has 0 aliphatic carbocycles. The molecular weight excluding hydrogens is 236 g/mol. The molecule has 0 aliphatic rings. The minimum Gasteiger partial charge on any atom is -0.459 e. The van der Waals surface area contributed by atoms with Gasteiger partial charge in [0, 0.05) is 21.3 Å². The summed E-state index contributed by atoms with van der Waals surface area (Å²) in [6, 6.07) is 8.73. The molecule has 0 N–H and O–H groups in total. The van der Waals surface area contributed by atoms with Gasteiger partial charge >= 0.3 is 5.97 Å². The lowest BCUT2D eigenvalue weighted by Gasteiger charge is -2.21. The molecule has 0 spiro atoms. The Hall–Kier alpha value is -1.43. The molecule has 0 aliphatic heterocycles. The van der Waals surface area contributed by atoms with Crippen LogP contribution in [0.2, 0.25) is 0 Å². The molecule has 5 nitrogen and oxygen atoms in total. The van der Waals surface area contributed by atoms with E-state index in [0.717, 1.165) is 0 Å². The quantitative estimate of drug-likeness (QED) is 0.691. The molecule has 0 heterocycles. The van der Waals surface area contributed by atoms with Gasteiger partial charge in [-0.2, -0.15) is 0 Å². The lowest BCUT2D eigenvalue weighted by Crippen LogP contribution is -2.30. The van der Waals surface area contributed by atoms with Crippen LogP contribution >= 0.6 is 0 Å². The van der Waals surface area contributed by atoms with Gasteiger partial charge in [0.05, 0.1) is 5.56 Å². The Balaban J connectivity index is 2.50. The summed E-state index contributed by atoms with van der Waals surface area (Å²) in [7, 11) is 4.41. The van der Waals surface area contributed by atoms with Crippen molar-refractivity contribution >= 4 is 5.97 Å². The van der Waals surface area contributed by atoms with Crippen molar-refractivity contribution in [1.29, 1.82) is 0 Å². The SMILES string of the molecule is CO[C](OC)C(COC(=O)c1ccccc1)OC. The normalized spacial score (nSPS) is 12.4. The van der Waals surface area contributed by atoms with Crippen LogP contribution in [0.3, 0.4) is 0 Å². The molecule has 0 saturated heterocycles. The van der Waals surface area contributed by atoms with Gasteiger partial charge in [0.1, 0.15) is 6.61 Å². The molecular formula is C13H17O5. The van der Waals surface area contributed by atoms with E-state index in [-0.39, 0.29) is 12.9 Å². The molecule has 1 atom stereocenters. The van der Waals surface area contributed by atoms with E-state index in [1.54, 1.807) is 24.3 Å². The molecule has 1 unspecified atom stereocenters. The van der Waals surface area contributed by atoms with Crippen molar-refractivity contribution in [1.82, 2.24) is 0 Å². The minimum absolute atomic E-state index is 0.0290. The van der Waals surface area contributed by atoms with Crippen LogP contribution in [0.25, 0.3) is 0 Å². The van der Waals surface area contributed by atoms with Gasteiger partial charge < -0.3 is 18.9 Å². The van der Waals surface area contributed by atoms with Crippen LogP contribution in [0.4, 0.5) is 0 Å². The van der Waals surface area contributed by atoms with Crippen molar-refractivity contribution < 1.29 is 23.7 Å². The average molecular weight is 253 g/mol. The number of ether oxygens (including phenoxy) is 4. The highest BCUT2D eigenvalue weighted by Gasteiger charge is 2.24. The van der Waals surface area contributed by atoms with E-state index in [2.05, 4.69) is 0 Å². The fourth-order valence-electron chi connectivity index (χ4n) is 1.39. The Morgan fingerprint density at radius 3 is 2.22 bits per heavy atom. The smallest absolute Gasteiger partial charge is 0.338 e. The van der Waals surface area contributed by atoms with E-state index < -0.39 is 12.1 Å². The fourth-order valence-corrected chi connectivity index (χ4v) is 1.39. The van der Waals surface area contributed by atoms with Crippen molar-refractivity contribution in [3.05, 3.63) is 42.2 Å². The Kier molecular flexibility index (Phi) is 6.35. The summed E-state index contributed by atoms with van der Waals surface area (Å²) in [5.41, 5.74) is 0.490. The number of carbonyl (C=O) groups is 1. The zero-order valence-corrected chi connectivity index (χ0v) is 10.7. The summed E-state index contributed by atoms with van der Waals surface area (Å²) in [4.78, 5) is 11.7. The monoisotopic (exact) mass is 253 g/mol. The highest BCUT2D eigenvalue weighted by atomic mass is 16.7. The molecule has 0 fully saturated rings. The minimum atomic E-state index is -0.548. The second-order valence-corrected chi connectivity index (χ2v) is 3.42. The lowest BCUT2D eigenvalue weighted by molar-refractivity contribution is -0.1000. The van der Waals surface area contributed by atoms with Crippen LogP contribution in [0.1, 0.15) is 10.4 Å². The Labute approximate surface area is 107 Å². The Bertz CT molecular complexity index is 348. The first-order valence-corrected chi connectivity index (χ1v) is 5.42. The van der Waals surface area contributed by atoms with E-state index in [1.165, 1.54) is 21.3 Å². The first kappa shape index (κ1) is 14.6. The second kappa shape index (κ2) is 7.81. The van der Waals surface area contributed by atoms with Gasteiger partial charge in [0.25, 0.3) is 6.29 Å². The molecule has 0 bridgehead atoms. The van der Waals surface area contributed by atoms with Crippen LogP contribution in [0, 0.1) is 6.29 Å². The maximum Gasteiger partial charge on any atom is 0.338 e. The fraction of sp³-hybridized carbons (Fsp3) is 0.385. The van der Waals surface area contributed by atoms with Crippen molar-refractivity contribution in [2.24, 2.45) is 0 Å². The third kappa shape index (κ3) is 4.10. The van der Waals surface area contributed by atoms with Gasteiger partial charge in [-0.3, -0.25) is 0 Å². The van der Waals surface area contributed by atoms with Gasteiger partial charge in [-0.1, -0.05) is 18.2 Å². The van der Waals surface area contributed by atoms with Crippen LogP contribution in [0.15, 0.2) is 30.3 Å². The standard InChI is InChI=1S/C13H17O5/c1-15-11(13(16-2)17-3)9-18-12(14)10-7-5-4-6-8-10/h4-8,11H,9H2,1-3H3. The summed E-state index contributed by atoms with van der Waals surface area (Å²) in [5.74, 6) is -0.413. The topological polar surface area (TPSA) is 54.0 Å². The van der Waals surface area contributed by atoms with Crippen LogP contribution < -0.4 is 0 Å². The molecule has 0 amide bonds. The number of carbonyl (C=O) groups excluding carboxylic acids is 1. The number of esters is 1. The maximum absolute atomic E-state index is 11.7. The lowest BCUT2D eigenvalue weighted by atomic mass is 10.2. The van der Waals surface area contributed by atoms with E-state index in [0.29, 0.717) is 5.56 Å². The molecule has 1 aromatic rings. The zero-order valence-electron chi connectivity index (χ0n) is 10.7. The summed E-state index contributed by atoms with van der Waals surface area (Å²) in [6.07, 6.45) is -0.286. The van der Waals surface area contributed by atoms with Crippen LogP contribution in [-0.2, 0) is 18.9 Å². The van der Waals surface area contributed by atoms with Crippen molar-refractivity contribution in [2.75, 3.05) is 27.9 Å². The first-order chi connectivity index (χ1) is 8.72. The van der Waals surface area contributed by atoms with Gasteiger partial charge in [-0.05, 0) is 12.1 Å². The summed E-state index contributed by atoms with van der Waals surface area (Å²) in [6.45, 7) is 0.0290. The number of methoxy groups -OCH3 is 3. The summed E-state index contributed by atoms with van der Waals surface area (Å²) >= 11 is 0. The number of hydrogen-bond donors (Lipinski definition) is 0. The van der Waals surface area contributed by atoms with E-state index in [1.807, 2.05) is 6.07 Å². The second-order valence-electron chi connectivity index (χ2n) is 3.42. The van der Waals surface area contributed by atoms with Crippen LogP contribution in [-0.4, -0.2) is 40.0 Å². The van der Waals surface area contributed by atoms with Crippen molar-refractivity contribution in [2.45, 2.75) is 6.10 Å². The van der Waals surface area contributed by atoms with Gasteiger partial charge in [0.2, 0.25) is 0 Å². The molecule has 1 rings (SSSR count). The third-order valence-corrected chi connectivity index (χ3v) is 2.33. The Morgan fingerprint density at radius 2 is 1.72 bits per heavy atom. The number of hydrogen-bond acceptors (Lipinski definition) is 5. The van der Waals surface area contributed by atoms with E-state index in [4.69, 9.17) is 18.9 Å². The first-order valence-electron chi connectivity index (χ1n) is 5.42. The summed E-state index contributed by atoms with van der Waals surface area (Å²) in [5, 5.41) is 0. The largest absolute Gasteiger partial charge is 0.459 e. The predicted octanol–water partition coefficient (Wildman–Crippen LogP) is 1.64. The van der Waals surface area contributed by atoms with E-state index in [9.17, 15) is 4.79 Å². The van der Waals surface area contributed by atoms with Crippen LogP contribution in [0.5, 0.6) is 0 Å². The molecule has 99 valence electrons. The molecule has 5 heteroatoms. The molecule has 18 heavy (non-hydrogen) atoms. The molecule has 0 aromatic heterocycles.